The molecule has 19 aromatic rings. The molecule has 0 radical (unpaired) electrons. The fourth-order valence-corrected chi connectivity index (χ4v) is 21.4. The highest BCUT2D eigenvalue weighted by Crippen LogP contribution is 2.68. The highest BCUT2D eigenvalue weighted by Gasteiger charge is 2.55. The summed E-state index contributed by atoms with van der Waals surface area (Å²) in [5.41, 5.74) is 29.5. The Morgan fingerprint density at radius 3 is 1.13 bits per heavy atom. The van der Waals surface area contributed by atoms with Gasteiger partial charge in [0.1, 0.15) is 5.69 Å². The summed E-state index contributed by atoms with van der Waals surface area (Å²) in [5, 5.41) is 11.3. The van der Waals surface area contributed by atoms with Crippen LogP contribution < -0.4 is 9.80 Å². The fourth-order valence-electron chi connectivity index (χ4n) is 17.2. The summed E-state index contributed by atoms with van der Waals surface area (Å²) in [6.45, 7) is 0. The van der Waals surface area contributed by atoms with Gasteiger partial charge in [-0.05, 0) is 199 Å². The van der Waals surface area contributed by atoms with Gasteiger partial charge >= 0.3 is 0 Å². The van der Waals surface area contributed by atoms with Gasteiger partial charge < -0.3 is 9.80 Å². The molecule has 0 saturated carbocycles. The minimum absolute atomic E-state index is 0.432. The van der Waals surface area contributed by atoms with Crippen LogP contribution in [-0.2, 0) is 10.8 Å². The molecule has 0 amide bonds. The van der Waals surface area contributed by atoms with Crippen LogP contribution in [-0.4, -0.2) is 39.9 Å². The number of hydrogen-bond donors (Lipinski definition) is 0. The van der Waals surface area contributed by atoms with E-state index >= 15 is 0 Å². The van der Waals surface area contributed by atoms with Crippen LogP contribution in [0, 0.1) is 0 Å². The van der Waals surface area contributed by atoms with Gasteiger partial charge in [0.25, 0.3) is 0 Å². The van der Waals surface area contributed by atoms with Gasteiger partial charge in [0.05, 0.1) is 73.1 Å². The number of rotatable bonds is 9. The number of anilines is 6. The average molecular weight is 1480 g/mol. The lowest BCUT2D eigenvalue weighted by atomic mass is 9.65. The second-order valence-electron chi connectivity index (χ2n) is 27.8. The summed E-state index contributed by atoms with van der Waals surface area (Å²) >= 11 is 7.38. The van der Waals surface area contributed by atoms with E-state index in [2.05, 4.69) is 260 Å². The Bertz CT molecular complexity index is 6680. The van der Waals surface area contributed by atoms with Gasteiger partial charge in [-0.15, -0.1) is 45.3 Å². The molecule has 10 nitrogen and oxygen atoms in total. The van der Waals surface area contributed by atoms with Crippen molar-refractivity contribution < 1.29 is 0 Å². The van der Waals surface area contributed by atoms with Gasteiger partial charge in [-0.1, -0.05) is 170 Å². The van der Waals surface area contributed by atoms with Gasteiger partial charge in [-0.2, -0.15) is 0 Å². The zero-order chi connectivity index (χ0) is 72.4. The summed E-state index contributed by atoms with van der Waals surface area (Å²) in [7, 11) is 0. The Kier molecular flexibility index (Phi) is 14.9. The van der Waals surface area contributed by atoms with Crippen LogP contribution in [0.2, 0.25) is 0 Å². The first kappa shape index (κ1) is 63.9. The van der Waals surface area contributed by atoms with Crippen LogP contribution in [0.5, 0.6) is 0 Å². The van der Waals surface area contributed by atoms with Crippen LogP contribution in [0.4, 0.5) is 34.1 Å². The van der Waals surface area contributed by atoms with Crippen LogP contribution in [0.15, 0.2) is 350 Å². The van der Waals surface area contributed by atoms with E-state index in [-0.39, 0.29) is 0 Å². The van der Waals surface area contributed by atoms with Crippen molar-refractivity contribution in [1.29, 1.82) is 0 Å². The minimum atomic E-state index is -0.441. The molecule has 2 spiro atoms. The van der Waals surface area contributed by atoms with Crippen molar-refractivity contribution in [2.45, 2.75) is 10.8 Å². The summed E-state index contributed by atoms with van der Waals surface area (Å²) in [6.07, 6.45) is 7.38. The number of nitrogens with zero attached hydrogens (tertiary/aromatic N) is 10. The maximum atomic E-state index is 5.18. The van der Waals surface area contributed by atoms with E-state index in [4.69, 9.17) is 29.9 Å². The third-order valence-electron chi connectivity index (χ3n) is 21.9. The molecule has 2 aliphatic heterocycles. The molecule has 516 valence electrons. The van der Waals surface area contributed by atoms with Crippen LogP contribution in [0.25, 0.3) is 121 Å². The number of thiophene rings is 4. The third kappa shape index (κ3) is 9.97. The number of aromatic nitrogens is 8. The van der Waals surface area contributed by atoms with Crippen molar-refractivity contribution in [2.24, 2.45) is 0 Å². The molecule has 0 fully saturated rings. The van der Waals surface area contributed by atoms with Crippen molar-refractivity contribution in [2.75, 3.05) is 9.80 Å². The highest BCUT2D eigenvalue weighted by molar-refractivity contribution is 7.21. The molecule has 0 N–H and O–H groups in total. The molecule has 0 unspecified atom stereocenters. The Hall–Kier alpha value is -13.3. The zero-order valence-corrected chi connectivity index (χ0v) is 61.9. The standard InChI is InChI=1S/C51H31N5S2.C45H27N5S2/c1-2-9-32(10-3-1)44-30-45(55-50(54-44)35-17-15-33(16-18-35)42-13-6-7-25-52-42)34-19-21-37(22-20-34)56-46-14-5-4-12-38(46)51(39-23-27-57-48(39)49-40(51)24-28-58-49)41-29-36-11-8-26-53-43(36)31-47(41)56;1-2-10-28(11-3-1)38-26-39(49-44(48-38)36-16-6-7-20-46-36)29-12-8-14-31(24-29)50-40-17-5-4-15-32(40)45(33-18-22-51-42(33)43-34(45)19-23-52-43)35-25-30-13-9-21-47-37(30)27-41(35)50/h1-31H;1-27H. The molecule has 2 aliphatic carbocycles. The van der Waals surface area contributed by atoms with Crippen molar-refractivity contribution in [3.8, 4) is 98.7 Å². The quantitative estimate of drug-likeness (QED) is 0.139. The van der Waals surface area contributed by atoms with E-state index in [1.165, 1.54) is 69.7 Å². The number of benzene rings is 9. The van der Waals surface area contributed by atoms with Gasteiger partial charge in [-0.3, -0.25) is 19.9 Å². The maximum Gasteiger partial charge on any atom is 0.179 e. The highest BCUT2D eigenvalue weighted by atomic mass is 32.1. The lowest BCUT2D eigenvalue weighted by Crippen LogP contribution is -2.35. The van der Waals surface area contributed by atoms with Crippen molar-refractivity contribution in [3.63, 3.8) is 0 Å². The second-order valence-corrected chi connectivity index (χ2v) is 31.4. The lowest BCUT2D eigenvalue weighted by molar-refractivity contribution is 0.757. The van der Waals surface area contributed by atoms with E-state index in [0.717, 1.165) is 118 Å². The predicted molar refractivity (Wildman–Crippen MR) is 451 cm³/mol. The molecule has 10 aromatic heterocycles. The van der Waals surface area contributed by atoms with Crippen LogP contribution in [0.1, 0.15) is 44.5 Å². The smallest absolute Gasteiger partial charge is 0.179 e. The Balaban J connectivity index is 0.000000136. The number of fused-ring (bicyclic) bond motifs is 20. The van der Waals surface area contributed by atoms with E-state index in [0.29, 0.717) is 11.6 Å². The average Bonchev–Trinajstić information content (AvgIpc) is 1.48. The second kappa shape index (κ2) is 25.7. The van der Waals surface area contributed by atoms with Gasteiger partial charge in [0, 0.05) is 99.8 Å². The van der Waals surface area contributed by atoms with Crippen molar-refractivity contribution in [1.82, 2.24) is 39.9 Å². The van der Waals surface area contributed by atoms with E-state index < -0.39 is 10.8 Å². The first-order valence-corrected chi connectivity index (χ1v) is 40.0. The van der Waals surface area contributed by atoms with Crippen LogP contribution in [0.3, 0.4) is 0 Å². The number of pyridine rings is 4. The first-order valence-electron chi connectivity index (χ1n) is 36.4. The molecule has 0 saturated heterocycles. The number of hydrogen-bond acceptors (Lipinski definition) is 14. The minimum Gasteiger partial charge on any atom is -0.310 e. The van der Waals surface area contributed by atoms with Gasteiger partial charge in [0.2, 0.25) is 0 Å². The molecule has 0 atom stereocenters. The largest absolute Gasteiger partial charge is 0.310 e. The SMILES string of the molecule is c1ccc(-c2cc(-c3ccc(N4c5ccccc5C5(c6cc7cccnc7cc64)c4ccsc4-c4sccc45)cc3)nc(-c3ccc(-c4ccccn4)cc3)n2)cc1.c1ccc(-c2cc(-c3cccc(N4c5ccccc5C5(c6cc7cccnc7cc64)c4ccsc4-c4sccc45)c3)nc(-c3ccccn3)n2)cc1. The molecule has 4 aliphatic rings. The fraction of sp³-hybridized carbons (Fsp3) is 0.0208. The summed E-state index contributed by atoms with van der Waals surface area (Å²) in [6, 6.07) is 108. The van der Waals surface area contributed by atoms with Crippen molar-refractivity contribution in [3.05, 3.63) is 394 Å². The lowest BCUT2D eigenvalue weighted by Gasteiger charge is -2.44. The monoisotopic (exact) mass is 1480 g/mol. The molecule has 14 heteroatoms. The summed E-state index contributed by atoms with van der Waals surface area (Å²) < 4.78 is 0. The topological polar surface area (TPSA) is 110 Å². The predicted octanol–water partition coefficient (Wildman–Crippen LogP) is 25.0. The molecule has 23 rings (SSSR count). The first-order chi connectivity index (χ1) is 54.5. The normalized spacial score (nSPS) is 13.4. The molecule has 9 aromatic carbocycles. The van der Waals surface area contributed by atoms with E-state index in [1.807, 2.05) is 149 Å². The Labute approximate surface area is 649 Å². The van der Waals surface area contributed by atoms with Gasteiger partial charge in [-0.25, -0.2) is 19.9 Å². The van der Waals surface area contributed by atoms with Crippen molar-refractivity contribution >= 4 is 101 Å². The third-order valence-corrected chi connectivity index (χ3v) is 25.9. The Morgan fingerprint density at radius 1 is 0.227 bits per heavy atom. The summed E-state index contributed by atoms with van der Waals surface area (Å²) in [4.78, 5) is 49.5. The zero-order valence-electron chi connectivity index (χ0n) is 58.6. The van der Waals surface area contributed by atoms with E-state index in [9.17, 15) is 0 Å². The van der Waals surface area contributed by atoms with Gasteiger partial charge in [0.15, 0.2) is 11.6 Å². The summed E-state index contributed by atoms with van der Waals surface area (Å²) in [5.74, 6) is 1.27. The molecule has 0 bridgehead atoms. The molecule has 110 heavy (non-hydrogen) atoms. The molecular weight excluding hydrogens is 1420 g/mol. The van der Waals surface area contributed by atoms with Crippen LogP contribution >= 0.6 is 45.3 Å². The number of para-hydroxylation sites is 2. The Morgan fingerprint density at radius 2 is 0.627 bits per heavy atom. The molecular formula is C96H58N10S4. The molecule has 12 heterocycles. The maximum absolute atomic E-state index is 5.18. The van der Waals surface area contributed by atoms with E-state index in [1.54, 1.807) is 6.20 Å².